The van der Waals surface area contributed by atoms with Crippen LogP contribution >= 0.6 is 10.5 Å². The van der Waals surface area contributed by atoms with Crippen LogP contribution in [0.4, 0.5) is 0 Å². The van der Waals surface area contributed by atoms with Gasteiger partial charge in [0.1, 0.15) is 0 Å². The zero-order chi connectivity index (χ0) is 2.00. The summed E-state index contributed by atoms with van der Waals surface area (Å²) in [6, 6.07) is 0. The van der Waals surface area contributed by atoms with E-state index in [1.807, 2.05) is 0 Å². The van der Waals surface area contributed by atoms with E-state index >= 15 is 0 Å². The maximum absolute atomic E-state index is 4.21. The van der Waals surface area contributed by atoms with Gasteiger partial charge in [-0.25, -0.2) is 0 Å². The summed E-state index contributed by atoms with van der Waals surface area (Å²) in [4.78, 5) is 0. The summed E-state index contributed by atoms with van der Waals surface area (Å²) in [6.45, 7) is 0. The Bertz CT molecular complexity index is 8.00. The first kappa shape index (κ1) is 16.7. The molecule has 0 atom stereocenters. The van der Waals surface area contributed by atoms with E-state index in [-0.39, 0.29) is 38.7 Å². The minimum absolute atomic E-state index is 0. The quantitative estimate of drug-likeness (QED) is 0.392. The van der Waals surface area contributed by atoms with E-state index in [9.17, 15) is 0 Å². The van der Waals surface area contributed by atoms with Crippen molar-refractivity contribution in [2.24, 2.45) is 0 Å². The van der Waals surface area contributed by atoms with Gasteiger partial charge in [0.05, 0.1) is 0 Å². The molecule has 0 aromatic heterocycles. The van der Waals surface area contributed by atoms with Gasteiger partial charge < -0.3 is 0 Å². The van der Waals surface area contributed by atoms with Crippen molar-refractivity contribution in [1.29, 1.82) is 0 Å². The van der Waals surface area contributed by atoms with Gasteiger partial charge in [0, 0.05) is 0 Å². The molecule has 0 aromatic rings. The number of rotatable bonds is 0. The molecule has 0 aliphatic heterocycles. The second kappa shape index (κ2) is 20.0. The molecule has 0 nitrogen and oxygen atoms in total. The predicted octanol–water partition coefficient (Wildman–Crippen LogP) is -2.10. The van der Waals surface area contributed by atoms with Gasteiger partial charge in [-0.3, -0.25) is 0 Å². The van der Waals surface area contributed by atoms with E-state index in [0.717, 1.165) is 14.9 Å². The normalized spacial score (nSPS) is 1.00. The molecule has 4 heavy (non-hydrogen) atoms. The van der Waals surface area contributed by atoms with Gasteiger partial charge in [-0.15, -0.1) is 0 Å². The fourth-order valence-corrected chi connectivity index (χ4v) is 0. The molecule has 0 aliphatic carbocycles. The molecule has 0 N–H and O–H groups in total. The summed E-state index contributed by atoms with van der Waals surface area (Å²) in [5.74, 6) is 0. The summed E-state index contributed by atoms with van der Waals surface area (Å²) in [5, 5.41) is 0. The Hall–Kier alpha value is 2.00. The van der Waals surface area contributed by atoms with Crippen LogP contribution in [0.15, 0.2) is 0 Å². The molecular weight excluding hydrogens is 181 g/mol. The van der Waals surface area contributed by atoms with Crippen LogP contribution < -0.4 is 0 Å². The average Bonchev–Trinajstić information content (AvgIpc) is 1.00. The molecule has 0 aromatic carbocycles. The van der Waals surface area contributed by atoms with Crippen LogP contribution in [0.2, 0.25) is 0 Å². The molecule has 0 spiro atoms. The third-order valence-corrected chi connectivity index (χ3v) is 0. The fourth-order valence-electron chi connectivity index (χ4n) is 0. The molecule has 0 bridgehead atoms. The van der Waals surface area contributed by atoms with Crippen LogP contribution in [0.3, 0.4) is 0 Å². The first-order chi connectivity index (χ1) is 1.00. The molecule has 20 valence electrons. The van der Waals surface area contributed by atoms with Crippen LogP contribution in [-0.4, -0.2) is 53.5 Å². The molecule has 0 aliphatic rings. The molecule has 0 radical (unpaired) electrons. The van der Waals surface area contributed by atoms with Gasteiger partial charge in [-0.1, -0.05) is 0 Å². The topological polar surface area (TPSA) is 0 Å². The van der Waals surface area contributed by atoms with Crippen molar-refractivity contribution in [1.82, 2.24) is 0 Å². The predicted molar refractivity (Wildman–Crippen MR) is 33.2 cm³/mol. The molecule has 0 heterocycles. The first-order valence-electron chi connectivity index (χ1n) is 0.289. The second-order valence-electron chi connectivity index (χ2n) is 0. The molecule has 0 saturated carbocycles. The van der Waals surface area contributed by atoms with Crippen LogP contribution in [0.25, 0.3) is 0 Å². The van der Waals surface area contributed by atoms with Crippen LogP contribution in [0.5, 0.6) is 0 Å². The molecule has 0 rings (SSSR count). The summed E-state index contributed by atoms with van der Waals surface area (Å²) in [5.41, 5.74) is 0. The van der Waals surface area contributed by atoms with Gasteiger partial charge in [-0.2, -0.15) is 0 Å². The van der Waals surface area contributed by atoms with Crippen molar-refractivity contribution < 1.29 is 0 Å². The third kappa shape index (κ3) is 9.00. The monoisotopic (exact) mass is 188 g/mol. The average molecular weight is 187 g/mol. The van der Waals surface area contributed by atoms with Gasteiger partial charge in [0.15, 0.2) is 0 Å². The van der Waals surface area contributed by atoms with E-state index in [4.69, 9.17) is 0 Å². The van der Waals surface area contributed by atoms with Crippen LogP contribution in [-0.2, 0) is 0 Å². The van der Waals surface area contributed by atoms with Crippen molar-refractivity contribution in [3.8, 4) is 0 Å². The summed E-state index contributed by atoms with van der Waals surface area (Å²) in [6.07, 6.45) is 0. The molecular formula is H6GaGeLiS. The Morgan fingerprint density at radius 1 is 1.25 bits per heavy atom. The SMILES string of the molecule is [GaH3].[LiH].[S]=[GeH2]. The van der Waals surface area contributed by atoms with Crippen LogP contribution in [0, 0.1) is 0 Å². The minimum atomic E-state index is 0. The van der Waals surface area contributed by atoms with E-state index in [0.29, 0.717) is 0 Å². The van der Waals surface area contributed by atoms with Crippen molar-refractivity contribution >= 4 is 64.0 Å². The first-order valence-corrected chi connectivity index (χ1v) is 4.50. The summed E-state index contributed by atoms with van der Waals surface area (Å²) in [7, 11) is 4.21. The van der Waals surface area contributed by atoms with Crippen molar-refractivity contribution in [3.63, 3.8) is 0 Å². The number of hydrogen-bond acceptors (Lipinski definition) is 1. The zero-order valence-corrected chi connectivity index (χ0v) is 4.90. The Kier molecular flexibility index (Phi) is 83.4. The van der Waals surface area contributed by atoms with E-state index in [2.05, 4.69) is 10.5 Å². The molecule has 0 unspecified atom stereocenters. The molecule has 0 amide bonds. The summed E-state index contributed by atoms with van der Waals surface area (Å²) >= 11 is 0.958. The fraction of sp³-hybridized carbons (Fsp3) is 0. The second-order valence-corrected chi connectivity index (χ2v) is 0. The summed E-state index contributed by atoms with van der Waals surface area (Å²) < 4.78 is 0. The Labute approximate surface area is 63.4 Å². The van der Waals surface area contributed by atoms with E-state index in [1.54, 1.807) is 0 Å². The standard InChI is InChI=1S/Ga.GeH2S.Li.4H/c;1-2;;;;;/h;1H2;;;;;. The van der Waals surface area contributed by atoms with E-state index in [1.165, 1.54) is 0 Å². The number of hydrogen-bond donors (Lipinski definition) is 0. The third-order valence-electron chi connectivity index (χ3n) is 0. The maximum atomic E-state index is 4.21. The van der Waals surface area contributed by atoms with Gasteiger partial charge in [0.2, 0.25) is 0 Å². The Morgan fingerprint density at radius 3 is 1.25 bits per heavy atom. The Balaban J connectivity index is -0.00000000500. The van der Waals surface area contributed by atoms with Gasteiger partial charge >= 0.3 is 64.0 Å². The Morgan fingerprint density at radius 2 is 1.25 bits per heavy atom. The molecule has 0 saturated heterocycles. The zero-order valence-electron chi connectivity index (χ0n) is 1.12. The molecule has 0 fully saturated rings. The molecule has 4 heteroatoms. The van der Waals surface area contributed by atoms with Gasteiger partial charge in [-0.05, 0) is 0 Å². The van der Waals surface area contributed by atoms with Crippen molar-refractivity contribution in [2.45, 2.75) is 0 Å². The van der Waals surface area contributed by atoms with Gasteiger partial charge in [0.25, 0.3) is 0 Å². The van der Waals surface area contributed by atoms with E-state index < -0.39 is 0 Å². The van der Waals surface area contributed by atoms with Crippen molar-refractivity contribution in [2.75, 3.05) is 0 Å². The van der Waals surface area contributed by atoms with Crippen LogP contribution in [0.1, 0.15) is 0 Å². The van der Waals surface area contributed by atoms with Crippen molar-refractivity contribution in [3.05, 3.63) is 0 Å².